The van der Waals surface area contributed by atoms with Crippen LogP contribution in [0.2, 0.25) is 5.02 Å². The number of nitrogens with one attached hydrogen (secondary N) is 1. The van der Waals surface area contributed by atoms with Crippen molar-refractivity contribution in [1.82, 2.24) is 4.98 Å². The summed E-state index contributed by atoms with van der Waals surface area (Å²) in [5, 5.41) is 2.83. The van der Waals surface area contributed by atoms with Crippen molar-refractivity contribution in [2.75, 3.05) is 12.4 Å². The standard InChI is InChI=1S/C7H7ClN2O2/c1-12-7(11)10-6-4-9-3-2-5(6)8/h2-4H,1H3,(H,10,11). The zero-order chi connectivity index (χ0) is 8.97. The summed E-state index contributed by atoms with van der Waals surface area (Å²) in [6, 6.07) is 1.58. The number of amides is 1. The molecule has 4 nitrogen and oxygen atoms in total. The molecule has 0 saturated heterocycles. The molecule has 1 rings (SSSR count). The fourth-order valence-corrected chi connectivity index (χ4v) is 0.783. The molecule has 0 aliphatic rings. The number of carbonyl (C=O) groups is 1. The van der Waals surface area contributed by atoms with E-state index >= 15 is 0 Å². The Labute approximate surface area is 74.5 Å². The fraction of sp³-hybridized carbons (Fsp3) is 0.143. The van der Waals surface area contributed by atoms with Gasteiger partial charge in [-0.2, -0.15) is 0 Å². The van der Waals surface area contributed by atoms with Gasteiger partial charge in [0.05, 0.1) is 24.0 Å². The molecule has 1 aromatic rings. The Hall–Kier alpha value is -1.29. The van der Waals surface area contributed by atoms with Gasteiger partial charge in [0.25, 0.3) is 0 Å². The largest absolute Gasteiger partial charge is 0.453 e. The highest BCUT2D eigenvalue weighted by molar-refractivity contribution is 6.33. The third-order valence-electron chi connectivity index (χ3n) is 1.19. The Morgan fingerprint density at radius 3 is 3.08 bits per heavy atom. The highest BCUT2D eigenvalue weighted by atomic mass is 35.5. The molecule has 1 amide bonds. The summed E-state index contributed by atoms with van der Waals surface area (Å²) in [7, 11) is 1.28. The maximum Gasteiger partial charge on any atom is 0.411 e. The predicted molar refractivity (Wildman–Crippen MR) is 45.3 cm³/mol. The lowest BCUT2D eigenvalue weighted by Crippen LogP contribution is -2.11. The number of pyridine rings is 1. The summed E-state index contributed by atoms with van der Waals surface area (Å²) < 4.78 is 4.37. The first kappa shape index (κ1) is 8.80. The molecule has 0 saturated carbocycles. The molecule has 5 heteroatoms. The average molecular weight is 187 g/mol. The van der Waals surface area contributed by atoms with Gasteiger partial charge in [0.1, 0.15) is 0 Å². The number of hydrogen-bond acceptors (Lipinski definition) is 3. The molecular formula is C7H7ClN2O2. The summed E-state index contributed by atoms with van der Waals surface area (Å²) >= 11 is 5.72. The van der Waals surface area contributed by atoms with Crippen molar-refractivity contribution in [3.05, 3.63) is 23.5 Å². The summed E-state index contributed by atoms with van der Waals surface area (Å²) in [6.45, 7) is 0. The normalized spacial score (nSPS) is 9.17. The summed E-state index contributed by atoms with van der Waals surface area (Å²) in [5.74, 6) is 0. The van der Waals surface area contributed by atoms with E-state index in [1.165, 1.54) is 19.5 Å². The molecule has 0 aliphatic heterocycles. The minimum Gasteiger partial charge on any atom is -0.453 e. The van der Waals surface area contributed by atoms with Crippen LogP contribution >= 0.6 is 11.6 Å². The van der Waals surface area contributed by atoms with Crippen LogP contribution in [0.25, 0.3) is 0 Å². The Bertz CT molecular complexity index is 290. The van der Waals surface area contributed by atoms with Crippen molar-refractivity contribution in [2.45, 2.75) is 0 Å². The first-order valence-electron chi connectivity index (χ1n) is 3.18. The van der Waals surface area contributed by atoms with Crippen molar-refractivity contribution >= 4 is 23.4 Å². The molecule has 0 fully saturated rings. The van der Waals surface area contributed by atoms with E-state index < -0.39 is 6.09 Å². The van der Waals surface area contributed by atoms with Crippen LogP contribution < -0.4 is 5.32 Å². The van der Waals surface area contributed by atoms with Gasteiger partial charge in [0, 0.05) is 6.20 Å². The lowest BCUT2D eigenvalue weighted by Gasteiger charge is -2.03. The van der Waals surface area contributed by atoms with Crippen LogP contribution in [0.5, 0.6) is 0 Å². The van der Waals surface area contributed by atoms with Crippen LogP contribution in [0.3, 0.4) is 0 Å². The van der Waals surface area contributed by atoms with Gasteiger partial charge < -0.3 is 4.74 Å². The minimum absolute atomic E-state index is 0.426. The van der Waals surface area contributed by atoms with E-state index in [0.29, 0.717) is 10.7 Å². The third kappa shape index (κ3) is 2.10. The Morgan fingerprint density at radius 1 is 1.75 bits per heavy atom. The van der Waals surface area contributed by atoms with Crippen molar-refractivity contribution in [2.24, 2.45) is 0 Å². The quantitative estimate of drug-likeness (QED) is 0.729. The highest BCUT2D eigenvalue weighted by Gasteiger charge is 2.03. The number of anilines is 1. The van der Waals surface area contributed by atoms with Gasteiger partial charge in [-0.3, -0.25) is 10.3 Å². The van der Waals surface area contributed by atoms with E-state index in [-0.39, 0.29) is 0 Å². The van der Waals surface area contributed by atoms with Crippen molar-refractivity contribution in [3.8, 4) is 0 Å². The maximum absolute atomic E-state index is 10.7. The molecule has 0 aromatic carbocycles. The van der Waals surface area contributed by atoms with Crippen molar-refractivity contribution in [1.29, 1.82) is 0 Å². The average Bonchev–Trinajstić information content (AvgIpc) is 2.09. The number of hydrogen-bond donors (Lipinski definition) is 1. The molecule has 1 aromatic heterocycles. The Balaban J connectivity index is 2.75. The van der Waals surface area contributed by atoms with Gasteiger partial charge in [0.2, 0.25) is 0 Å². The second kappa shape index (κ2) is 3.92. The molecular weight excluding hydrogens is 180 g/mol. The van der Waals surface area contributed by atoms with Gasteiger partial charge in [0.15, 0.2) is 0 Å². The monoisotopic (exact) mass is 186 g/mol. The number of aromatic nitrogens is 1. The van der Waals surface area contributed by atoms with Crippen molar-refractivity contribution < 1.29 is 9.53 Å². The van der Waals surface area contributed by atoms with E-state index in [9.17, 15) is 4.79 Å². The van der Waals surface area contributed by atoms with Crippen LogP contribution in [-0.2, 0) is 4.74 Å². The molecule has 0 aliphatic carbocycles. The summed E-state index contributed by atoms with van der Waals surface area (Å²) in [5.41, 5.74) is 0.436. The number of ether oxygens (including phenoxy) is 1. The lowest BCUT2D eigenvalue weighted by molar-refractivity contribution is 0.187. The van der Waals surface area contributed by atoms with Gasteiger partial charge in [-0.25, -0.2) is 4.79 Å². The van der Waals surface area contributed by atoms with E-state index in [4.69, 9.17) is 11.6 Å². The maximum atomic E-state index is 10.7. The fourth-order valence-electron chi connectivity index (χ4n) is 0.630. The van der Waals surface area contributed by atoms with Crippen LogP contribution in [0.15, 0.2) is 18.5 Å². The molecule has 1 N–H and O–H groups in total. The van der Waals surface area contributed by atoms with Crippen LogP contribution in [0, 0.1) is 0 Å². The zero-order valence-corrected chi connectivity index (χ0v) is 7.13. The summed E-state index contributed by atoms with van der Waals surface area (Å²) in [4.78, 5) is 14.5. The molecule has 0 bridgehead atoms. The second-order valence-corrected chi connectivity index (χ2v) is 2.38. The topological polar surface area (TPSA) is 51.2 Å². The Kier molecular flexibility index (Phi) is 2.88. The number of rotatable bonds is 1. The molecule has 12 heavy (non-hydrogen) atoms. The molecule has 1 heterocycles. The number of nitrogens with zero attached hydrogens (tertiary/aromatic N) is 1. The van der Waals surface area contributed by atoms with Gasteiger partial charge in [-0.05, 0) is 6.07 Å². The number of carbonyl (C=O) groups excluding carboxylic acids is 1. The first-order valence-corrected chi connectivity index (χ1v) is 3.56. The SMILES string of the molecule is COC(=O)Nc1cnccc1Cl. The van der Waals surface area contributed by atoms with Crippen LogP contribution in [0.4, 0.5) is 10.5 Å². The van der Waals surface area contributed by atoms with E-state index in [1.807, 2.05) is 0 Å². The second-order valence-electron chi connectivity index (χ2n) is 1.97. The molecule has 0 unspecified atom stereocenters. The van der Waals surface area contributed by atoms with Gasteiger partial charge >= 0.3 is 6.09 Å². The minimum atomic E-state index is -0.565. The third-order valence-corrected chi connectivity index (χ3v) is 1.52. The highest BCUT2D eigenvalue weighted by Crippen LogP contribution is 2.18. The molecule has 0 spiro atoms. The van der Waals surface area contributed by atoms with Crippen LogP contribution in [0.1, 0.15) is 0 Å². The van der Waals surface area contributed by atoms with Crippen molar-refractivity contribution in [3.63, 3.8) is 0 Å². The van der Waals surface area contributed by atoms with Gasteiger partial charge in [-0.15, -0.1) is 0 Å². The Morgan fingerprint density at radius 2 is 2.50 bits per heavy atom. The van der Waals surface area contributed by atoms with Gasteiger partial charge in [-0.1, -0.05) is 11.6 Å². The molecule has 0 radical (unpaired) electrons. The zero-order valence-electron chi connectivity index (χ0n) is 6.37. The number of methoxy groups -OCH3 is 1. The smallest absolute Gasteiger partial charge is 0.411 e. The number of halogens is 1. The first-order chi connectivity index (χ1) is 5.74. The van der Waals surface area contributed by atoms with E-state index in [0.717, 1.165) is 0 Å². The summed E-state index contributed by atoms with van der Waals surface area (Å²) in [6.07, 6.45) is 2.41. The van der Waals surface area contributed by atoms with Crippen LogP contribution in [-0.4, -0.2) is 18.2 Å². The lowest BCUT2D eigenvalue weighted by atomic mass is 10.4. The predicted octanol–water partition coefficient (Wildman–Crippen LogP) is 1.91. The molecule has 64 valence electrons. The van der Waals surface area contributed by atoms with E-state index in [1.54, 1.807) is 6.07 Å². The molecule has 0 atom stereocenters. The van der Waals surface area contributed by atoms with E-state index in [2.05, 4.69) is 15.0 Å².